The summed E-state index contributed by atoms with van der Waals surface area (Å²) in [5.41, 5.74) is -3.26. The number of hydrogen-bond donors (Lipinski definition) is 6. The Labute approximate surface area is 451 Å². The van der Waals surface area contributed by atoms with Crippen molar-refractivity contribution in [2.75, 3.05) is 40.6 Å². The van der Waals surface area contributed by atoms with Crippen LogP contribution < -0.4 is 5.32 Å². The molecule has 0 radical (unpaired) electrons. The molecular weight excluding hydrogens is 961 g/mol. The summed E-state index contributed by atoms with van der Waals surface area (Å²) in [6.07, 6.45) is 20.5. The third-order valence-electron chi connectivity index (χ3n) is 13.9. The molecule has 1 amide bonds. The van der Waals surface area contributed by atoms with Crippen LogP contribution in [0.2, 0.25) is 25.7 Å². The lowest BCUT2D eigenvalue weighted by molar-refractivity contribution is -0.230. The molecule has 0 heterocycles. The molecule has 0 aromatic heterocycles. The molecule has 0 spiro atoms. The minimum atomic E-state index is -3.26. The van der Waals surface area contributed by atoms with E-state index in [4.69, 9.17) is 18.9 Å². The Balaban J connectivity index is 6.55. The van der Waals surface area contributed by atoms with Crippen molar-refractivity contribution in [1.29, 1.82) is 0 Å². The Morgan fingerprint density at radius 3 is 1.47 bits per heavy atom. The van der Waals surface area contributed by atoms with Gasteiger partial charge in [0.1, 0.15) is 19.0 Å². The first-order chi connectivity index (χ1) is 35.4. The summed E-state index contributed by atoms with van der Waals surface area (Å²) >= 11 is 0. The normalized spacial score (nSPS) is 15.3. The SMILES string of the molecule is CCCCCCCCCCCCCC(=O)OC(CCCCCCCCCCCC)C(=O)O[C@@H]([C@H](O)[C@H](O)CO)[C@](O)(NC(=O)C[C@@H](CCCCCCCCCCC)OCOCC[Si](C)(C)C)C(O)C(=O)CN(C)C. The van der Waals surface area contributed by atoms with Crippen LogP contribution in [0.15, 0.2) is 0 Å². The van der Waals surface area contributed by atoms with Crippen LogP contribution in [0, 0.1) is 0 Å². The molecule has 15 nitrogen and oxygen atoms in total. The fraction of sp³-hybridized carbons (Fsp3) is 0.931. The molecule has 438 valence electrons. The predicted octanol–water partition coefficient (Wildman–Crippen LogP) is 10.8. The summed E-state index contributed by atoms with van der Waals surface area (Å²) < 4.78 is 23.5. The number of carbonyl (C=O) groups is 4. The molecule has 7 atom stereocenters. The molecule has 6 N–H and O–H groups in total. The van der Waals surface area contributed by atoms with E-state index in [1.54, 1.807) is 14.1 Å². The second-order valence-corrected chi connectivity index (χ2v) is 28.4. The first-order valence-electron chi connectivity index (χ1n) is 29.8. The fourth-order valence-corrected chi connectivity index (χ4v) is 9.81. The summed E-state index contributed by atoms with van der Waals surface area (Å²) in [5.74, 6) is -3.78. The molecular formula is C58H114N2O13Si. The Bertz CT molecular complexity index is 1390. The van der Waals surface area contributed by atoms with Gasteiger partial charge >= 0.3 is 11.9 Å². The third kappa shape index (κ3) is 37.7. The fourth-order valence-electron chi connectivity index (χ4n) is 9.05. The van der Waals surface area contributed by atoms with Crippen LogP contribution >= 0.6 is 0 Å². The number of aliphatic hydroxyl groups is 5. The first-order valence-corrected chi connectivity index (χ1v) is 33.5. The minimum Gasteiger partial charge on any atom is -0.451 e. The van der Waals surface area contributed by atoms with E-state index in [2.05, 4.69) is 45.7 Å². The van der Waals surface area contributed by atoms with Gasteiger partial charge in [-0.3, -0.25) is 14.4 Å². The highest BCUT2D eigenvalue weighted by atomic mass is 28.3. The second kappa shape index (κ2) is 45.9. The molecule has 0 fully saturated rings. The van der Waals surface area contributed by atoms with Crippen molar-refractivity contribution in [3.63, 3.8) is 0 Å². The third-order valence-corrected chi connectivity index (χ3v) is 15.6. The predicted molar refractivity (Wildman–Crippen MR) is 299 cm³/mol. The number of Topliss-reactive ketones (excluding diaryl/α,β-unsaturated/α-hetero) is 1. The number of esters is 2. The van der Waals surface area contributed by atoms with Gasteiger partial charge in [-0.25, -0.2) is 4.79 Å². The van der Waals surface area contributed by atoms with Crippen molar-refractivity contribution in [1.82, 2.24) is 10.2 Å². The van der Waals surface area contributed by atoms with E-state index in [0.29, 0.717) is 25.9 Å². The number of nitrogens with one attached hydrogen (secondary N) is 1. The Morgan fingerprint density at radius 1 is 0.608 bits per heavy atom. The molecule has 2 unspecified atom stereocenters. The lowest BCUT2D eigenvalue weighted by Crippen LogP contribution is -2.71. The van der Waals surface area contributed by atoms with Gasteiger partial charge in [0.2, 0.25) is 11.6 Å². The second-order valence-electron chi connectivity index (χ2n) is 22.8. The van der Waals surface area contributed by atoms with E-state index in [-0.39, 0.29) is 26.1 Å². The molecule has 16 heteroatoms. The van der Waals surface area contributed by atoms with Gasteiger partial charge in [-0.2, -0.15) is 0 Å². The molecule has 0 bridgehead atoms. The van der Waals surface area contributed by atoms with Gasteiger partial charge in [0.25, 0.3) is 0 Å². The van der Waals surface area contributed by atoms with E-state index in [1.165, 1.54) is 94.8 Å². The first kappa shape index (κ1) is 72.0. The number of carbonyl (C=O) groups excluding carboxylic acids is 4. The number of hydrogen-bond acceptors (Lipinski definition) is 14. The van der Waals surface area contributed by atoms with Gasteiger partial charge < -0.3 is 54.7 Å². The zero-order valence-electron chi connectivity index (χ0n) is 48.5. The van der Waals surface area contributed by atoms with Crippen LogP contribution in [-0.4, -0.2) is 145 Å². The number of rotatable bonds is 53. The van der Waals surface area contributed by atoms with Gasteiger partial charge in [0.05, 0.1) is 25.7 Å². The average molecular weight is 1080 g/mol. The van der Waals surface area contributed by atoms with E-state index < -0.39 is 87.2 Å². The van der Waals surface area contributed by atoms with E-state index in [1.807, 2.05) is 0 Å². The van der Waals surface area contributed by atoms with Gasteiger partial charge in [-0.1, -0.05) is 220 Å². The highest BCUT2D eigenvalue weighted by Crippen LogP contribution is 2.26. The van der Waals surface area contributed by atoms with Gasteiger partial charge in [0, 0.05) is 21.1 Å². The number of ketones is 1. The quantitative estimate of drug-likeness (QED) is 0.0144. The summed E-state index contributed by atoms with van der Waals surface area (Å²) in [5, 5.41) is 58.9. The van der Waals surface area contributed by atoms with E-state index >= 15 is 0 Å². The average Bonchev–Trinajstić information content (AvgIpc) is 3.35. The highest BCUT2D eigenvalue weighted by Gasteiger charge is 2.55. The maximum Gasteiger partial charge on any atom is 0.348 e. The molecule has 0 aliphatic rings. The van der Waals surface area contributed by atoms with Crippen LogP contribution in [-0.2, 0) is 38.1 Å². The Hall–Kier alpha value is -2.02. The van der Waals surface area contributed by atoms with E-state index in [9.17, 15) is 44.7 Å². The maximum atomic E-state index is 14.3. The van der Waals surface area contributed by atoms with Crippen molar-refractivity contribution in [2.24, 2.45) is 0 Å². The highest BCUT2D eigenvalue weighted by molar-refractivity contribution is 6.76. The van der Waals surface area contributed by atoms with Crippen molar-refractivity contribution in [2.45, 2.75) is 307 Å². The van der Waals surface area contributed by atoms with Crippen LogP contribution in [0.1, 0.15) is 239 Å². The number of unbranched alkanes of at least 4 members (excludes halogenated alkanes) is 27. The van der Waals surface area contributed by atoms with Gasteiger partial charge in [-0.15, -0.1) is 0 Å². The number of aliphatic hydroxyl groups excluding tert-OH is 4. The topological polar surface area (TPSA) is 222 Å². The smallest absolute Gasteiger partial charge is 0.348 e. The summed E-state index contributed by atoms with van der Waals surface area (Å²) in [7, 11) is 1.70. The zero-order valence-corrected chi connectivity index (χ0v) is 49.5. The number of ether oxygens (including phenoxy) is 4. The Kier molecular flexibility index (Phi) is 44.7. The zero-order chi connectivity index (χ0) is 55.5. The lowest BCUT2D eigenvalue weighted by Gasteiger charge is -2.42. The summed E-state index contributed by atoms with van der Waals surface area (Å²) in [6.45, 7) is 12.2. The number of amides is 1. The minimum absolute atomic E-state index is 0.0372. The molecule has 0 aliphatic heterocycles. The van der Waals surface area contributed by atoms with E-state index in [0.717, 1.165) is 95.9 Å². The van der Waals surface area contributed by atoms with Crippen LogP contribution in [0.4, 0.5) is 0 Å². The Morgan fingerprint density at radius 2 is 1.04 bits per heavy atom. The molecule has 0 rings (SSSR count). The van der Waals surface area contributed by atoms with Crippen molar-refractivity contribution in [3.05, 3.63) is 0 Å². The number of nitrogens with zero attached hydrogens (tertiary/aromatic N) is 1. The monoisotopic (exact) mass is 1070 g/mol. The number of likely N-dealkylation sites (N-methyl/N-ethyl adjacent to an activating group) is 1. The molecule has 74 heavy (non-hydrogen) atoms. The molecule has 0 saturated heterocycles. The molecule has 0 aromatic rings. The van der Waals surface area contributed by atoms with Crippen molar-refractivity contribution >= 4 is 31.7 Å². The molecule has 0 saturated carbocycles. The maximum absolute atomic E-state index is 14.3. The standard InChI is InChI=1S/C58H114N2O13Si/c1-9-12-15-18-21-24-26-29-32-35-38-41-53(65)72-51(40-37-34-31-28-25-22-19-16-13-10-2)57(68)73-56(54(66)50(63)46-61)58(69,55(67)49(62)45-60(4)5)59-52(64)44-48(71-47-70-42-43-74(6,7)8)39-36-33-30-27-23-20-17-14-11-3/h48,50-51,54-56,61,63,66-67,69H,9-47H2,1-8H3,(H,59,64)/t48-,50-,51?,54-,55?,56+,58+/m1/s1. The molecule has 0 aliphatic carbocycles. The lowest BCUT2D eigenvalue weighted by atomic mass is 9.89. The van der Waals surface area contributed by atoms with Gasteiger partial charge in [0.15, 0.2) is 24.1 Å². The van der Waals surface area contributed by atoms with Crippen molar-refractivity contribution in [3.8, 4) is 0 Å². The molecule has 0 aromatic carbocycles. The van der Waals surface area contributed by atoms with Crippen molar-refractivity contribution < 1.29 is 63.7 Å². The van der Waals surface area contributed by atoms with Crippen LogP contribution in [0.3, 0.4) is 0 Å². The largest absolute Gasteiger partial charge is 0.451 e. The van der Waals surface area contributed by atoms with Crippen LogP contribution in [0.25, 0.3) is 0 Å². The van der Waals surface area contributed by atoms with Gasteiger partial charge in [-0.05, 0) is 45.8 Å². The summed E-state index contributed by atoms with van der Waals surface area (Å²) in [6, 6.07) is 0.909. The summed E-state index contributed by atoms with van der Waals surface area (Å²) in [4.78, 5) is 56.9. The van der Waals surface area contributed by atoms with Crippen LogP contribution in [0.5, 0.6) is 0 Å².